The molecule has 0 aliphatic carbocycles. The summed E-state index contributed by atoms with van der Waals surface area (Å²) in [5.74, 6) is 0.160. The van der Waals surface area contributed by atoms with E-state index in [1.807, 2.05) is 38.1 Å². The predicted molar refractivity (Wildman–Crippen MR) is 95.0 cm³/mol. The van der Waals surface area contributed by atoms with Crippen molar-refractivity contribution in [1.29, 1.82) is 0 Å². The largest absolute Gasteiger partial charge is 0.349 e. The first-order chi connectivity index (χ1) is 11.4. The van der Waals surface area contributed by atoms with Gasteiger partial charge in [0.05, 0.1) is 22.6 Å². The molecule has 0 unspecified atom stereocenters. The van der Waals surface area contributed by atoms with Crippen LogP contribution >= 0.6 is 0 Å². The number of nitrogens with one attached hydrogen (secondary N) is 1. The number of sulfone groups is 1. The maximum absolute atomic E-state index is 12.9. The first-order valence-electron chi connectivity index (χ1n) is 8.31. The van der Waals surface area contributed by atoms with Gasteiger partial charge in [-0.05, 0) is 37.8 Å². The van der Waals surface area contributed by atoms with E-state index >= 15 is 0 Å². The summed E-state index contributed by atoms with van der Waals surface area (Å²) in [6.45, 7) is 3.95. The van der Waals surface area contributed by atoms with Crippen molar-refractivity contribution in [2.24, 2.45) is 0 Å². The lowest BCUT2D eigenvalue weighted by Crippen LogP contribution is -2.41. The molecule has 1 aromatic heterocycles. The summed E-state index contributed by atoms with van der Waals surface area (Å²) in [6.07, 6.45) is 1.73. The van der Waals surface area contributed by atoms with Gasteiger partial charge in [0.2, 0.25) is 0 Å². The highest BCUT2D eigenvalue weighted by Gasteiger charge is 2.26. The van der Waals surface area contributed by atoms with Crippen LogP contribution in [0.25, 0.3) is 10.9 Å². The molecular weight excluding hydrogens is 324 g/mol. The van der Waals surface area contributed by atoms with Crippen LogP contribution in [0.3, 0.4) is 0 Å². The fourth-order valence-corrected chi connectivity index (χ4v) is 4.78. The molecule has 1 aliphatic rings. The van der Waals surface area contributed by atoms with Gasteiger partial charge in [0.1, 0.15) is 9.84 Å². The zero-order chi connectivity index (χ0) is 17.3. The highest BCUT2D eigenvalue weighted by atomic mass is 32.2. The van der Waals surface area contributed by atoms with Gasteiger partial charge in [0, 0.05) is 17.1 Å². The zero-order valence-electron chi connectivity index (χ0n) is 14.0. The minimum Gasteiger partial charge on any atom is -0.349 e. The monoisotopic (exact) mass is 346 g/mol. The van der Waals surface area contributed by atoms with Crippen LogP contribution < -0.4 is 5.32 Å². The fourth-order valence-electron chi connectivity index (χ4n) is 3.29. The molecule has 3 rings (SSSR count). The number of aromatic nitrogens is 1. The number of aryl methyl sites for hydroxylation is 1. The molecule has 1 amide bonds. The van der Waals surface area contributed by atoms with Crippen LogP contribution in [0.1, 0.15) is 41.4 Å². The van der Waals surface area contributed by atoms with Gasteiger partial charge in [0.15, 0.2) is 0 Å². The molecule has 1 saturated heterocycles. The van der Waals surface area contributed by atoms with E-state index in [0.29, 0.717) is 18.4 Å². The number of hydrogen-bond donors (Lipinski definition) is 1. The van der Waals surface area contributed by atoms with Gasteiger partial charge in [-0.3, -0.25) is 9.78 Å². The molecule has 1 aliphatic heterocycles. The Kier molecular flexibility index (Phi) is 4.58. The number of carbonyl (C=O) groups excluding carboxylic acids is 1. The Labute approximate surface area is 142 Å². The van der Waals surface area contributed by atoms with Gasteiger partial charge in [-0.25, -0.2) is 8.42 Å². The SMILES string of the molecule is CCc1nc2ccccc2c(C(=O)NC2CCS(=O)(=O)CC2)c1C. The Morgan fingerprint density at radius 1 is 1.25 bits per heavy atom. The van der Waals surface area contributed by atoms with E-state index in [9.17, 15) is 13.2 Å². The molecule has 1 aromatic carbocycles. The van der Waals surface area contributed by atoms with Crippen molar-refractivity contribution in [3.63, 3.8) is 0 Å². The number of benzene rings is 1. The molecule has 2 heterocycles. The summed E-state index contributed by atoms with van der Waals surface area (Å²) >= 11 is 0. The molecule has 0 atom stereocenters. The van der Waals surface area contributed by atoms with E-state index in [1.54, 1.807) is 0 Å². The van der Waals surface area contributed by atoms with Gasteiger partial charge >= 0.3 is 0 Å². The molecule has 128 valence electrons. The fraction of sp³-hybridized carbons (Fsp3) is 0.444. The number of pyridine rings is 1. The summed E-state index contributed by atoms with van der Waals surface area (Å²) in [7, 11) is -2.93. The number of para-hydroxylation sites is 1. The summed E-state index contributed by atoms with van der Waals surface area (Å²) < 4.78 is 23.1. The third-order valence-electron chi connectivity index (χ3n) is 4.69. The maximum Gasteiger partial charge on any atom is 0.252 e. The van der Waals surface area contributed by atoms with E-state index in [0.717, 1.165) is 28.6 Å². The van der Waals surface area contributed by atoms with Crippen LogP contribution in [0.4, 0.5) is 0 Å². The second kappa shape index (κ2) is 6.51. The Balaban J connectivity index is 1.93. The van der Waals surface area contributed by atoms with Gasteiger partial charge in [-0.2, -0.15) is 0 Å². The summed E-state index contributed by atoms with van der Waals surface area (Å²) in [6, 6.07) is 7.56. The number of rotatable bonds is 3. The Bertz CT molecular complexity index is 877. The number of carbonyl (C=O) groups is 1. The topological polar surface area (TPSA) is 76.1 Å². The van der Waals surface area contributed by atoms with Crippen molar-refractivity contribution in [1.82, 2.24) is 10.3 Å². The average molecular weight is 346 g/mol. The molecule has 1 fully saturated rings. The molecule has 2 aromatic rings. The first-order valence-corrected chi connectivity index (χ1v) is 10.1. The lowest BCUT2D eigenvalue weighted by Gasteiger charge is -2.24. The second-order valence-electron chi connectivity index (χ2n) is 6.33. The summed E-state index contributed by atoms with van der Waals surface area (Å²) in [5.41, 5.74) is 3.30. The normalized spacial score (nSPS) is 17.8. The zero-order valence-corrected chi connectivity index (χ0v) is 14.8. The maximum atomic E-state index is 12.9. The minimum absolute atomic E-state index is 0.0857. The van der Waals surface area contributed by atoms with Crippen molar-refractivity contribution in [2.75, 3.05) is 11.5 Å². The van der Waals surface area contributed by atoms with Crippen molar-refractivity contribution >= 4 is 26.6 Å². The van der Waals surface area contributed by atoms with Gasteiger partial charge in [-0.15, -0.1) is 0 Å². The second-order valence-corrected chi connectivity index (χ2v) is 8.63. The van der Waals surface area contributed by atoms with Gasteiger partial charge in [-0.1, -0.05) is 25.1 Å². The van der Waals surface area contributed by atoms with Crippen LogP contribution in [0, 0.1) is 6.92 Å². The van der Waals surface area contributed by atoms with Gasteiger partial charge < -0.3 is 5.32 Å². The molecule has 0 spiro atoms. The average Bonchev–Trinajstić information content (AvgIpc) is 2.56. The van der Waals surface area contributed by atoms with Crippen LogP contribution in [0.5, 0.6) is 0 Å². The van der Waals surface area contributed by atoms with Crippen molar-refractivity contribution in [3.8, 4) is 0 Å². The standard InChI is InChI=1S/C18H22N2O3S/c1-3-15-12(2)17(14-6-4-5-7-16(14)20-15)18(21)19-13-8-10-24(22,23)11-9-13/h4-7,13H,3,8-11H2,1-2H3,(H,19,21). The molecule has 0 radical (unpaired) electrons. The quantitative estimate of drug-likeness (QED) is 0.926. The molecule has 0 bridgehead atoms. The first kappa shape index (κ1) is 16.9. The number of nitrogens with zero attached hydrogens (tertiary/aromatic N) is 1. The Morgan fingerprint density at radius 2 is 1.92 bits per heavy atom. The summed E-state index contributed by atoms with van der Waals surface area (Å²) in [5, 5.41) is 3.87. The van der Waals surface area contributed by atoms with E-state index in [4.69, 9.17) is 0 Å². The van der Waals surface area contributed by atoms with Crippen LogP contribution in [-0.2, 0) is 16.3 Å². The number of hydrogen-bond acceptors (Lipinski definition) is 4. The smallest absolute Gasteiger partial charge is 0.252 e. The molecule has 24 heavy (non-hydrogen) atoms. The van der Waals surface area contributed by atoms with E-state index in [1.165, 1.54) is 0 Å². The molecule has 6 heteroatoms. The third kappa shape index (κ3) is 3.29. The van der Waals surface area contributed by atoms with Crippen molar-refractivity contribution in [2.45, 2.75) is 39.2 Å². The van der Waals surface area contributed by atoms with Crippen LogP contribution in [0.2, 0.25) is 0 Å². The lowest BCUT2D eigenvalue weighted by atomic mass is 9.99. The Hall–Kier alpha value is -1.95. The van der Waals surface area contributed by atoms with E-state index < -0.39 is 9.84 Å². The van der Waals surface area contributed by atoms with Gasteiger partial charge in [0.25, 0.3) is 5.91 Å². The van der Waals surface area contributed by atoms with E-state index in [2.05, 4.69) is 10.3 Å². The molecule has 0 saturated carbocycles. The Morgan fingerprint density at radius 3 is 2.58 bits per heavy atom. The lowest BCUT2D eigenvalue weighted by molar-refractivity contribution is 0.0935. The third-order valence-corrected chi connectivity index (χ3v) is 6.40. The molecule has 1 N–H and O–H groups in total. The van der Waals surface area contributed by atoms with Crippen molar-refractivity contribution < 1.29 is 13.2 Å². The molecule has 5 nitrogen and oxygen atoms in total. The van der Waals surface area contributed by atoms with Crippen molar-refractivity contribution in [3.05, 3.63) is 41.1 Å². The minimum atomic E-state index is -2.93. The van der Waals surface area contributed by atoms with E-state index in [-0.39, 0.29) is 23.5 Å². The highest BCUT2D eigenvalue weighted by molar-refractivity contribution is 7.91. The van der Waals surface area contributed by atoms with Crippen LogP contribution in [-0.4, -0.2) is 36.9 Å². The highest BCUT2D eigenvalue weighted by Crippen LogP contribution is 2.24. The summed E-state index contributed by atoms with van der Waals surface area (Å²) in [4.78, 5) is 17.5. The number of amides is 1. The number of fused-ring (bicyclic) bond motifs is 1. The van der Waals surface area contributed by atoms with Crippen LogP contribution in [0.15, 0.2) is 24.3 Å². The predicted octanol–water partition coefficient (Wildman–Crippen LogP) is 2.41. The molecular formula is C18H22N2O3S.